The van der Waals surface area contributed by atoms with Gasteiger partial charge in [0.15, 0.2) is 0 Å². The average Bonchev–Trinajstić information content (AvgIpc) is 2.25. The zero-order valence-electron chi connectivity index (χ0n) is 10.4. The van der Waals surface area contributed by atoms with Crippen LogP contribution in [0.5, 0.6) is 0 Å². The Morgan fingerprint density at radius 1 is 1.33 bits per heavy atom. The summed E-state index contributed by atoms with van der Waals surface area (Å²) in [6, 6.07) is 0.734. The summed E-state index contributed by atoms with van der Waals surface area (Å²) in [6.07, 6.45) is 5.28. The molecule has 0 amide bonds. The molecule has 0 aromatic carbocycles. The quantitative estimate of drug-likeness (QED) is 0.619. The lowest BCUT2D eigenvalue weighted by Crippen LogP contribution is -2.50. The number of unbranched alkanes of at least 4 members (excludes halogenated alkanes) is 2. The van der Waals surface area contributed by atoms with Crippen LogP contribution in [0, 0.1) is 0 Å². The first-order valence-electron chi connectivity index (χ1n) is 6.46. The average molecular weight is 213 g/mol. The van der Waals surface area contributed by atoms with Crippen LogP contribution >= 0.6 is 0 Å². The molecule has 1 rings (SSSR count). The van der Waals surface area contributed by atoms with Crippen LogP contribution in [-0.4, -0.2) is 50.7 Å². The molecule has 1 unspecified atom stereocenters. The molecular weight excluding hydrogens is 186 g/mol. The first-order valence-corrected chi connectivity index (χ1v) is 6.46. The summed E-state index contributed by atoms with van der Waals surface area (Å²) >= 11 is 0. The third-order valence-corrected chi connectivity index (χ3v) is 3.26. The Kier molecular flexibility index (Phi) is 6.98. The molecule has 3 heteroatoms. The summed E-state index contributed by atoms with van der Waals surface area (Å²) < 4.78 is 0. The minimum absolute atomic E-state index is 0.734. The number of likely N-dealkylation sites (N-methyl/N-ethyl adjacent to an activating group) is 1. The molecule has 1 saturated heterocycles. The van der Waals surface area contributed by atoms with Crippen molar-refractivity contribution in [3.05, 3.63) is 0 Å². The summed E-state index contributed by atoms with van der Waals surface area (Å²) in [7, 11) is 2.24. The van der Waals surface area contributed by atoms with Gasteiger partial charge in [-0.05, 0) is 33.0 Å². The van der Waals surface area contributed by atoms with Crippen LogP contribution in [0.2, 0.25) is 0 Å². The highest BCUT2D eigenvalue weighted by Gasteiger charge is 2.17. The second kappa shape index (κ2) is 8.08. The lowest BCUT2D eigenvalue weighted by atomic mass is 10.1. The molecule has 0 spiro atoms. The van der Waals surface area contributed by atoms with E-state index in [-0.39, 0.29) is 0 Å². The fourth-order valence-electron chi connectivity index (χ4n) is 2.08. The summed E-state index contributed by atoms with van der Waals surface area (Å²) in [5.41, 5.74) is 0. The van der Waals surface area contributed by atoms with Crippen molar-refractivity contribution in [2.24, 2.45) is 0 Å². The molecule has 1 aliphatic heterocycles. The maximum absolute atomic E-state index is 3.53. The van der Waals surface area contributed by atoms with Crippen LogP contribution in [0.1, 0.15) is 32.6 Å². The standard InChI is InChI=1S/C12H27N3/c1-3-4-5-7-13-8-6-12-11-14-9-10-15(12)2/h12-14H,3-11H2,1-2H3. The van der Waals surface area contributed by atoms with Crippen LogP contribution in [0.4, 0.5) is 0 Å². The van der Waals surface area contributed by atoms with E-state index in [0.717, 1.165) is 19.1 Å². The van der Waals surface area contributed by atoms with Crippen molar-refractivity contribution in [2.75, 3.05) is 39.8 Å². The molecule has 0 radical (unpaired) electrons. The number of nitrogens with one attached hydrogen (secondary N) is 2. The summed E-state index contributed by atoms with van der Waals surface area (Å²) in [4.78, 5) is 2.48. The third-order valence-electron chi connectivity index (χ3n) is 3.26. The monoisotopic (exact) mass is 213 g/mol. The Bertz CT molecular complexity index is 150. The predicted molar refractivity (Wildman–Crippen MR) is 66.3 cm³/mol. The van der Waals surface area contributed by atoms with Crippen molar-refractivity contribution < 1.29 is 0 Å². The molecule has 15 heavy (non-hydrogen) atoms. The van der Waals surface area contributed by atoms with Crippen molar-refractivity contribution in [2.45, 2.75) is 38.6 Å². The van der Waals surface area contributed by atoms with Crippen LogP contribution in [0.25, 0.3) is 0 Å². The van der Waals surface area contributed by atoms with Gasteiger partial charge < -0.3 is 15.5 Å². The molecule has 0 aliphatic carbocycles. The van der Waals surface area contributed by atoms with Gasteiger partial charge in [-0.2, -0.15) is 0 Å². The van der Waals surface area contributed by atoms with Gasteiger partial charge in [-0.15, -0.1) is 0 Å². The fourth-order valence-corrected chi connectivity index (χ4v) is 2.08. The van der Waals surface area contributed by atoms with Crippen LogP contribution in [-0.2, 0) is 0 Å². The van der Waals surface area contributed by atoms with Gasteiger partial charge in [0.1, 0.15) is 0 Å². The van der Waals surface area contributed by atoms with E-state index in [0.29, 0.717) is 0 Å². The second-order valence-electron chi connectivity index (χ2n) is 4.58. The number of hydrogen-bond acceptors (Lipinski definition) is 3. The Hall–Kier alpha value is -0.120. The van der Waals surface area contributed by atoms with Gasteiger partial charge in [0, 0.05) is 25.7 Å². The van der Waals surface area contributed by atoms with E-state index in [9.17, 15) is 0 Å². The number of nitrogens with zero attached hydrogens (tertiary/aromatic N) is 1. The van der Waals surface area contributed by atoms with E-state index in [1.54, 1.807) is 0 Å². The lowest BCUT2D eigenvalue weighted by Gasteiger charge is -2.33. The summed E-state index contributed by atoms with van der Waals surface area (Å²) in [6.45, 7) is 8.12. The van der Waals surface area contributed by atoms with Crippen molar-refractivity contribution in [1.82, 2.24) is 15.5 Å². The van der Waals surface area contributed by atoms with Crippen LogP contribution in [0.3, 0.4) is 0 Å². The maximum atomic E-state index is 3.53. The predicted octanol–water partition coefficient (Wildman–Crippen LogP) is 1.06. The summed E-state index contributed by atoms with van der Waals surface area (Å²) in [5, 5.41) is 6.99. The molecule has 1 atom stereocenters. The van der Waals surface area contributed by atoms with Crippen molar-refractivity contribution >= 4 is 0 Å². The van der Waals surface area contributed by atoms with E-state index in [1.165, 1.54) is 45.3 Å². The molecule has 0 bridgehead atoms. The van der Waals surface area contributed by atoms with Gasteiger partial charge in [-0.1, -0.05) is 19.8 Å². The Balaban J connectivity index is 1.94. The zero-order chi connectivity index (χ0) is 10.9. The lowest BCUT2D eigenvalue weighted by molar-refractivity contribution is 0.190. The van der Waals surface area contributed by atoms with Crippen LogP contribution < -0.4 is 10.6 Å². The van der Waals surface area contributed by atoms with Crippen molar-refractivity contribution in [1.29, 1.82) is 0 Å². The number of piperazine rings is 1. The van der Waals surface area contributed by atoms with E-state index in [2.05, 4.69) is 29.5 Å². The molecule has 0 aromatic heterocycles. The third kappa shape index (κ3) is 5.50. The van der Waals surface area contributed by atoms with E-state index >= 15 is 0 Å². The topological polar surface area (TPSA) is 27.3 Å². The second-order valence-corrected chi connectivity index (χ2v) is 4.58. The molecule has 90 valence electrons. The van der Waals surface area contributed by atoms with E-state index in [1.807, 2.05) is 0 Å². The normalized spacial score (nSPS) is 23.2. The van der Waals surface area contributed by atoms with Crippen molar-refractivity contribution in [3.63, 3.8) is 0 Å². The Labute approximate surface area is 94.6 Å². The first kappa shape index (κ1) is 12.9. The van der Waals surface area contributed by atoms with Crippen molar-refractivity contribution in [3.8, 4) is 0 Å². The molecule has 0 saturated carbocycles. The summed E-state index contributed by atoms with van der Waals surface area (Å²) in [5.74, 6) is 0. The molecule has 1 heterocycles. The van der Waals surface area contributed by atoms with Gasteiger partial charge in [0.05, 0.1) is 0 Å². The highest BCUT2D eigenvalue weighted by molar-refractivity contribution is 4.77. The molecule has 1 aliphatic rings. The first-order chi connectivity index (χ1) is 7.34. The van der Waals surface area contributed by atoms with Gasteiger partial charge in [0.2, 0.25) is 0 Å². The zero-order valence-corrected chi connectivity index (χ0v) is 10.4. The Morgan fingerprint density at radius 2 is 2.20 bits per heavy atom. The van der Waals surface area contributed by atoms with Gasteiger partial charge >= 0.3 is 0 Å². The van der Waals surface area contributed by atoms with E-state index < -0.39 is 0 Å². The number of rotatable bonds is 7. The van der Waals surface area contributed by atoms with Gasteiger partial charge in [-0.3, -0.25) is 0 Å². The smallest absolute Gasteiger partial charge is 0.0230 e. The molecule has 2 N–H and O–H groups in total. The largest absolute Gasteiger partial charge is 0.317 e. The Morgan fingerprint density at radius 3 is 2.93 bits per heavy atom. The molecular formula is C12H27N3. The highest BCUT2D eigenvalue weighted by Crippen LogP contribution is 2.03. The van der Waals surface area contributed by atoms with Gasteiger partial charge in [-0.25, -0.2) is 0 Å². The fraction of sp³-hybridized carbons (Fsp3) is 1.00. The van der Waals surface area contributed by atoms with E-state index in [4.69, 9.17) is 0 Å². The van der Waals surface area contributed by atoms with Gasteiger partial charge in [0.25, 0.3) is 0 Å². The molecule has 0 aromatic rings. The maximum Gasteiger partial charge on any atom is 0.0230 e. The minimum Gasteiger partial charge on any atom is -0.317 e. The minimum atomic E-state index is 0.734. The number of hydrogen-bond donors (Lipinski definition) is 2. The van der Waals surface area contributed by atoms with Crippen LogP contribution in [0.15, 0.2) is 0 Å². The molecule has 1 fully saturated rings. The molecule has 3 nitrogen and oxygen atoms in total. The SMILES string of the molecule is CCCCCNCCC1CNCCN1C. The highest BCUT2D eigenvalue weighted by atomic mass is 15.2.